The van der Waals surface area contributed by atoms with Gasteiger partial charge in [0.05, 0.1) is 12.2 Å². The minimum Gasteiger partial charge on any atom is -0.376 e. The Morgan fingerprint density at radius 1 is 1.11 bits per heavy atom. The van der Waals surface area contributed by atoms with Gasteiger partial charge in [0.2, 0.25) is 5.91 Å². The van der Waals surface area contributed by atoms with Crippen molar-refractivity contribution in [3.8, 4) is 0 Å². The number of aryl methyl sites for hydroxylation is 1. The third-order valence-corrected chi connectivity index (χ3v) is 3.34. The van der Waals surface area contributed by atoms with Crippen LogP contribution in [0.25, 0.3) is 0 Å². The molecule has 0 aliphatic carbocycles. The number of carbonyl (C=O) groups excluding carboxylic acids is 1. The van der Waals surface area contributed by atoms with Crippen LogP contribution in [0.5, 0.6) is 0 Å². The van der Waals surface area contributed by atoms with E-state index in [2.05, 4.69) is 26.6 Å². The summed E-state index contributed by atoms with van der Waals surface area (Å²) in [5.41, 5.74) is 2.91. The molecule has 3 nitrogen and oxygen atoms in total. The molecule has 0 saturated carbocycles. The molecule has 2 rings (SSSR count). The van der Waals surface area contributed by atoms with Crippen LogP contribution in [0.3, 0.4) is 0 Å². The second kappa shape index (κ2) is 6.38. The molecule has 0 spiro atoms. The van der Waals surface area contributed by atoms with Crippen molar-refractivity contribution in [3.05, 3.63) is 58.6 Å². The van der Waals surface area contributed by atoms with Gasteiger partial charge < -0.3 is 10.6 Å². The number of hydrogen-bond donors (Lipinski definition) is 2. The molecule has 0 fully saturated rings. The smallest absolute Gasteiger partial charge is 0.243 e. The molecule has 19 heavy (non-hydrogen) atoms. The normalized spacial score (nSPS) is 10.0. The van der Waals surface area contributed by atoms with Crippen LogP contribution >= 0.6 is 15.9 Å². The van der Waals surface area contributed by atoms with E-state index in [9.17, 15) is 4.79 Å². The van der Waals surface area contributed by atoms with Gasteiger partial charge in [-0.05, 0) is 47.1 Å². The highest BCUT2D eigenvalue weighted by Crippen LogP contribution is 2.20. The summed E-state index contributed by atoms with van der Waals surface area (Å²) in [5.74, 6) is -0.0764. The predicted molar refractivity (Wildman–Crippen MR) is 82.4 cm³/mol. The lowest BCUT2D eigenvalue weighted by molar-refractivity contribution is -0.114. The molecule has 0 unspecified atom stereocenters. The molecule has 0 aliphatic rings. The highest BCUT2D eigenvalue weighted by Gasteiger charge is 2.04. The number of nitrogens with one attached hydrogen (secondary N) is 2. The fourth-order valence-corrected chi connectivity index (χ4v) is 1.99. The Labute approximate surface area is 121 Å². The average Bonchev–Trinajstić information content (AvgIpc) is 2.41. The number of carbonyl (C=O) groups is 1. The van der Waals surface area contributed by atoms with Crippen molar-refractivity contribution in [2.75, 3.05) is 17.2 Å². The van der Waals surface area contributed by atoms with Crippen molar-refractivity contribution in [2.24, 2.45) is 0 Å². The van der Waals surface area contributed by atoms with Gasteiger partial charge in [0, 0.05) is 10.2 Å². The van der Waals surface area contributed by atoms with Gasteiger partial charge in [0.1, 0.15) is 0 Å². The summed E-state index contributed by atoms with van der Waals surface area (Å²) in [6, 6.07) is 15.5. The van der Waals surface area contributed by atoms with Crippen molar-refractivity contribution in [1.82, 2.24) is 0 Å². The second-order valence-electron chi connectivity index (χ2n) is 4.25. The lowest BCUT2D eigenvalue weighted by Crippen LogP contribution is -2.21. The van der Waals surface area contributed by atoms with Crippen LogP contribution in [-0.2, 0) is 4.79 Å². The number of rotatable bonds is 4. The van der Waals surface area contributed by atoms with Crippen molar-refractivity contribution < 1.29 is 4.79 Å². The first-order valence-corrected chi connectivity index (χ1v) is 6.79. The number of amides is 1. The van der Waals surface area contributed by atoms with Gasteiger partial charge in [-0.2, -0.15) is 0 Å². The van der Waals surface area contributed by atoms with E-state index >= 15 is 0 Å². The second-order valence-corrected chi connectivity index (χ2v) is 5.10. The summed E-state index contributed by atoms with van der Waals surface area (Å²) in [4.78, 5) is 11.8. The molecule has 0 radical (unpaired) electrons. The summed E-state index contributed by atoms with van der Waals surface area (Å²) in [7, 11) is 0. The van der Waals surface area contributed by atoms with Gasteiger partial charge >= 0.3 is 0 Å². The maximum atomic E-state index is 11.8. The highest BCUT2D eigenvalue weighted by molar-refractivity contribution is 9.10. The lowest BCUT2D eigenvalue weighted by atomic mass is 10.2. The fourth-order valence-electron chi connectivity index (χ4n) is 1.61. The largest absolute Gasteiger partial charge is 0.376 e. The van der Waals surface area contributed by atoms with Crippen LogP contribution < -0.4 is 10.6 Å². The lowest BCUT2D eigenvalue weighted by Gasteiger charge is -2.09. The van der Waals surface area contributed by atoms with Gasteiger partial charge in [0.15, 0.2) is 0 Å². The van der Waals surface area contributed by atoms with E-state index in [1.54, 1.807) is 0 Å². The Kier molecular flexibility index (Phi) is 4.58. The number of para-hydroxylation sites is 1. The number of anilines is 2. The molecule has 2 N–H and O–H groups in total. The molecule has 0 aromatic heterocycles. The average molecular weight is 319 g/mol. The quantitative estimate of drug-likeness (QED) is 0.900. The molecule has 0 saturated heterocycles. The topological polar surface area (TPSA) is 41.1 Å². The zero-order valence-electron chi connectivity index (χ0n) is 10.6. The Morgan fingerprint density at radius 3 is 2.47 bits per heavy atom. The molecule has 0 atom stereocenters. The van der Waals surface area contributed by atoms with Crippen LogP contribution in [0.4, 0.5) is 11.4 Å². The number of halogens is 1. The molecular formula is C15H15BrN2O. The molecular weight excluding hydrogens is 304 g/mol. The van der Waals surface area contributed by atoms with Crippen molar-refractivity contribution in [3.63, 3.8) is 0 Å². The van der Waals surface area contributed by atoms with Crippen molar-refractivity contribution in [2.45, 2.75) is 6.92 Å². The first-order chi connectivity index (χ1) is 9.15. The Morgan fingerprint density at radius 2 is 1.79 bits per heavy atom. The zero-order valence-corrected chi connectivity index (χ0v) is 12.2. The minimum absolute atomic E-state index is 0.0764. The van der Waals surface area contributed by atoms with Gasteiger partial charge in [-0.25, -0.2) is 0 Å². The molecule has 98 valence electrons. The van der Waals surface area contributed by atoms with Crippen LogP contribution in [0.1, 0.15) is 5.56 Å². The Hall–Kier alpha value is -1.81. The maximum absolute atomic E-state index is 11.8. The van der Waals surface area contributed by atoms with E-state index < -0.39 is 0 Å². The molecule has 0 heterocycles. The third-order valence-electron chi connectivity index (χ3n) is 2.65. The number of benzene rings is 2. The van der Waals surface area contributed by atoms with E-state index in [0.29, 0.717) is 0 Å². The summed E-state index contributed by atoms with van der Waals surface area (Å²) >= 11 is 3.39. The summed E-state index contributed by atoms with van der Waals surface area (Å²) in [5, 5.41) is 5.93. The number of hydrogen-bond acceptors (Lipinski definition) is 2. The van der Waals surface area contributed by atoms with Gasteiger partial charge in [0.25, 0.3) is 0 Å². The minimum atomic E-state index is -0.0764. The van der Waals surface area contributed by atoms with Crippen LogP contribution in [0.15, 0.2) is 53.0 Å². The van der Waals surface area contributed by atoms with Gasteiger partial charge in [-0.15, -0.1) is 0 Å². The van der Waals surface area contributed by atoms with E-state index in [-0.39, 0.29) is 12.5 Å². The van der Waals surface area contributed by atoms with Crippen LogP contribution in [-0.4, -0.2) is 12.5 Å². The molecule has 0 bridgehead atoms. The highest BCUT2D eigenvalue weighted by atomic mass is 79.9. The Bertz CT molecular complexity index is 567. The van der Waals surface area contributed by atoms with Crippen molar-refractivity contribution >= 4 is 33.2 Å². The summed E-state index contributed by atoms with van der Waals surface area (Å²) < 4.78 is 0.874. The van der Waals surface area contributed by atoms with E-state index in [1.165, 1.54) is 5.56 Å². The molecule has 1 amide bonds. The van der Waals surface area contributed by atoms with E-state index in [1.807, 2.05) is 55.5 Å². The van der Waals surface area contributed by atoms with Crippen LogP contribution in [0.2, 0.25) is 0 Å². The molecule has 4 heteroatoms. The SMILES string of the molecule is Cc1ccc(NCC(=O)Nc2ccccc2Br)cc1. The van der Waals surface area contributed by atoms with Gasteiger partial charge in [-0.1, -0.05) is 29.8 Å². The monoisotopic (exact) mass is 318 g/mol. The first kappa shape index (κ1) is 13.6. The molecule has 0 aliphatic heterocycles. The third kappa shape index (κ3) is 4.10. The molecule has 2 aromatic carbocycles. The van der Waals surface area contributed by atoms with E-state index in [4.69, 9.17) is 0 Å². The first-order valence-electron chi connectivity index (χ1n) is 6.00. The standard InChI is InChI=1S/C15H15BrN2O/c1-11-6-8-12(9-7-11)17-10-15(19)18-14-5-3-2-4-13(14)16/h2-9,17H,10H2,1H3,(H,18,19). The Balaban J connectivity index is 1.88. The maximum Gasteiger partial charge on any atom is 0.243 e. The van der Waals surface area contributed by atoms with E-state index in [0.717, 1.165) is 15.8 Å². The predicted octanol–water partition coefficient (Wildman–Crippen LogP) is 3.81. The van der Waals surface area contributed by atoms with Crippen molar-refractivity contribution in [1.29, 1.82) is 0 Å². The fraction of sp³-hybridized carbons (Fsp3) is 0.133. The zero-order chi connectivity index (χ0) is 13.7. The van der Waals surface area contributed by atoms with Gasteiger partial charge in [-0.3, -0.25) is 4.79 Å². The van der Waals surface area contributed by atoms with Crippen LogP contribution in [0, 0.1) is 6.92 Å². The summed E-state index contributed by atoms with van der Waals surface area (Å²) in [6.45, 7) is 2.27. The molecule has 2 aromatic rings. The summed E-state index contributed by atoms with van der Waals surface area (Å²) in [6.07, 6.45) is 0.